The predicted octanol–water partition coefficient (Wildman–Crippen LogP) is 1.95. The smallest absolute Gasteiger partial charge is 0.0816 e. The summed E-state index contributed by atoms with van der Waals surface area (Å²) in [5.41, 5.74) is 1.46. The standard InChI is InChI=1S/C7H12O/c1-6-3-7(4-6)5-8-2/h5-6H,3-4H2,1-2H3. The predicted molar refractivity (Wildman–Crippen MR) is 33.5 cm³/mol. The van der Waals surface area contributed by atoms with E-state index in [2.05, 4.69) is 6.92 Å². The zero-order valence-electron chi connectivity index (χ0n) is 5.48. The van der Waals surface area contributed by atoms with Gasteiger partial charge in [0.15, 0.2) is 0 Å². The number of rotatable bonds is 1. The topological polar surface area (TPSA) is 9.23 Å². The molecule has 1 fully saturated rings. The number of hydrogen-bond donors (Lipinski definition) is 0. The highest BCUT2D eigenvalue weighted by Gasteiger charge is 2.17. The second kappa shape index (κ2) is 2.21. The van der Waals surface area contributed by atoms with Crippen LogP contribution in [0, 0.1) is 5.92 Å². The molecule has 0 saturated heterocycles. The lowest BCUT2D eigenvalue weighted by Crippen LogP contribution is -2.10. The fraction of sp³-hybridized carbons (Fsp3) is 0.714. The Kier molecular flexibility index (Phi) is 1.56. The van der Waals surface area contributed by atoms with Crippen LogP contribution in [0.15, 0.2) is 11.8 Å². The number of hydrogen-bond acceptors (Lipinski definition) is 1. The van der Waals surface area contributed by atoms with Gasteiger partial charge in [-0.15, -0.1) is 0 Å². The maximum atomic E-state index is 4.83. The van der Waals surface area contributed by atoms with Crippen LogP contribution in [0.5, 0.6) is 0 Å². The molecule has 1 saturated carbocycles. The number of allylic oxidation sites excluding steroid dienone is 1. The van der Waals surface area contributed by atoms with E-state index in [0.29, 0.717) is 0 Å². The molecule has 1 aliphatic carbocycles. The lowest BCUT2D eigenvalue weighted by molar-refractivity contribution is 0.315. The minimum Gasteiger partial charge on any atom is -0.504 e. The highest BCUT2D eigenvalue weighted by molar-refractivity contribution is 5.08. The summed E-state index contributed by atoms with van der Waals surface area (Å²) in [7, 11) is 1.70. The zero-order valence-corrected chi connectivity index (χ0v) is 5.48. The van der Waals surface area contributed by atoms with E-state index in [1.807, 2.05) is 6.26 Å². The molecule has 0 aromatic carbocycles. The molecule has 0 unspecified atom stereocenters. The van der Waals surface area contributed by atoms with Crippen molar-refractivity contribution in [2.75, 3.05) is 7.11 Å². The van der Waals surface area contributed by atoms with Gasteiger partial charge < -0.3 is 4.74 Å². The quantitative estimate of drug-likeness (QED) is 0.471. The normalized spacial score (nSPS) is 26.8. The summed E-state index contributed by atoms with van der Waals surface area (Å²) in [6, 6.07) is 0. The van der Waals surface area contributed by atoms with Crippen molar-refractivity contribution in [2.45, 2.75) is 19.8 Å². The average Bonchev–Trinajstić information content (AvgIpc) is 1.64. The lowest BCUT2D eigenvalue weighted by Gasteiger charge is -2.24. The van der Waals surface area contributed by atoms with Crippen LogP contribution in [-0.4, -0.2) is 7.11 Å². The van der Waals surface area contributed by atoms with Gasteiger partial charge in [0.25, 0.3) is 0 Å². The van der Waals surface area contributed by atoms with Crippen molar-refractivity contribution in [3.05, 3.63) is 11.8 Å². The van der Waals surface area contributed by atoms with Crippen LogP contribution in [0.3, 0.4) is 0 Å². The van der Waals surface area contributed by atoms with Crippen molar-refractivity contribution >= 4 is 0 Å². The molecule has 0 aromatic rings. The van der Waals surface area contributed by atoms with E-state index < -0.39 is 0 Å². The van der Waals surface area contributed by atoms with Gasteiger partial charge in [0, 0.05) is 0 Å². The van der Waals surface area contributed by atoms with Crippen LogP contribution in [0.25, 0.3) is 0 Å². The molecule has 0 bridgehead atoms. The zero-order chi connectivity index (χ0) is 5.98. The van der Waals surface area contributed by atoms with Crippen molar-refractivity contribution in [3.63, 3.8) is 0 Å². The van der Waals surface area contributed by atoms with Crippen molar-refractivity contribution < 1.29 is 4.74 Å². The molecule has 8 heavy (non-hydrogen) atoms. The highest BCUT2D eigenvalue weighted by atomic mass is 16.5. The first kappa shape index (κ1) is 5.67. The molecule has 0 atom stereocenters. The molecule has 0 aromatic heterocycles. The molecule has 1 nitrogen and oxygen atoms in total. The SMILES string of the molecule is COC=C1CC(C)C1. The van der Waals surface area contributed by atoms with Gasteiger partial charge in [-0.3, -0.25) is 0 Å². The van der Waals surface area contributed by atoms with Crippen molar-refractivity contribution in [2.24, 2.45) is 5.92 Å². The van der Waals surface area contributed by atoms with Crippen LogP contribution < -0.4 is 0 Å². The van der Waals surface area contributed by atoms with Crippen LogP contribution in [-0.2, 0) is 4.74 Å². The van der Waals surface area contributed by atoms with E-state index >= 15 is 0 Å². The minimum atomic E-state index is 0.899. The van der Waals surface area contributed by atoms with Gasteiger partial charge in [0.1, 0.15) is 0 Å². The van der Waals surface area contributed by atoms with Crippen LogP contribution in [0.4, 0.5) is 0 Å². The summed E-state index contributed by atoms with van der Waals surface area (Å²) in [5.74, 6) is 0.899. The Balaban J connectivity index is 2.23. The first-order chi connectivity index (χ1) is 3.83. The molecule has 0 radical (unpaired) electrons. The molecular formula is C7H12O. The molecule has 0 spiro atoms. The second-order valence-electron chi connectivity index (χ2n) is 2.53. The molecule has 0 heterocycles. The van der Waals surface area contributed by atoms with Crippen molar-refractivity contribution in [3.8, 4) is 0 Å². The van der Waals surface area contributed by atoms with Gasteiger partial charge >= 0.3 is 0 Å². The van der Waals surface area contributed by atoms with E-state index in [1.54, 1.807) is 7.11 Å². The van der Waals surface area contributed by atoms with Crippen molar-refractivity contribution in [1.82, 2.24) is 0 Å². The molecule has 0 aliphatic heterocycles. The Bertz CT molecular complexity index is 97.0. The summed E-state index contributed by atoms with van der Waals surface area (Å²) in [5, 5.41) is 0. The molecule has 0 amide bonds. The second-order valence-corrected chi connectivity index (χ2v) is 2.53. The van der Waals surface area contributed by atoms with Crippen LogP contribution in [0.2, 0.25) is 0 Å². The fourth-order valence-corrected chi connectivity index (χ4v) is 1.10. The first-order valence-corrected chi connectivity index (χ1v) is 3.03. The summed E-state index contributed by atoms with van der Waals surface area (Å²) in [6.45, 7) is 2.26. The first-order valence-electron chi connectivity index (χ1n) is 3.03. The third-order valence-electron chi connectivity index (χ3n) is 1.51. The summed E-state index contributed by atoms with van der Waals surface area (Å²) >= 11 is 0. The van der Waals surface area contributed by atoms with E-state index in [1.165, 1.54) is 18.4 Å². The summed E-state index contributed by atoms with van der Waals surface area (Å²) in [4.78, 5) is 0. The monoisotopic (exact) mass is 112 g/mol. The maximum Gasteiger partial charge on any atom is 0.0816 e. The van der Waals surface area contributed by atoms with Crippen molar-refractivity contribution in [1.29, 1.82) is 0 Å². The van der Waals surface area contributed by atoms with E-state index in [-0.39, 0.29) is 0 Å². The minimum absolute atomic E-state index is 0.899. The van der Waals surface area contributed by atoms with E-state index in [9.17, 15) is 0 Å². The summed E-state index contributed by atoms with van der Waals surface area (Å²) in [6.07, 6.45) is 4.35. The Morgan fingerprint density at radius 2 is 2.25 bits per heavy atom. The average molecular weight is 112 g/mol. The Hall–Kier alpha value is -0.460. The molecule has 0 N–H and O–H groups in total. The lowest BCUT2D eigenvalue weighted by atomic mass is 9.82. The van der Waals surface area contributed by atoms with Gasteiger partial charge in [0.2, 0.25) is 0 Å². The van der Waals surface area contributed by atoms with Crippen LogP contribution >= 0.6 is 0 Å². The molecule has 1 aliphatic rings. The van der Waals surface area contributed by atoms with Gasteiger partial charge in [-0.25, -0.2) is 0 Å². The third-order valence-corrected chi connectivity index (χ3v) is 1.51. The van der Waals surface area contributed by atoms with Gasteiger partial charge in [-0.1, -0.05) is 6.92 Å². The van der Waals surface area contributed by atoms with Crippen LogP contribution in [0.1, 0.15) is 19.8 Å². The Morgan fingerprint density at radius 1 is 1.62 bits per heavy atom. The molecule has 46 valence electrons. The molecule has 1 heteroatoms. The number of ether oxygens (including phenoxy) is 1. The maximum absolute atomic E-state index is 4.83. The summed E-state index contributed by atoms with van der Waals surface area (Å²) < 4.78 is 4.83. The van der Waals surface area contributed by atoms with Gasteiger partial charge in [-0.2, -0.15) is 0 Å². The van der Waals surface area contributed by atoms with E-state index in [4.69, 9.17) is 4.74 Å². The third kappa shape index (κ3) is 1.03. The Morgan fingerprint density at radius 3 is 2.62 bits per heavy atom. The highest BCUT2D eigenvalue weighted by Crippen LogP contribution is 2.31. The fourth-order valence-electron chi connectivity index (χ4n) is 1.10. The van der Waals surface area contributed by atoms with E-state index in [0.717, 1.165) is 5.92 Å². The molecular weight excluding hydrogens is 100 g/mol. The largest absolute Gasteiger partial charge is 0.504 e. The Labute approximate surface area is 50.3 Å². The molecule has 1 rings (SSSR count). The van der Waals surface area contributed by atoms with Gasteiger partial charge in [-0.05, 0) is 24.3 Å². The van der Waals surface area contributed by atoms with Gasteiger partial charge in [0.05, 0.1) is 13.4 Å². The number of methoxy groups -OCH3 is 1.